The molecule has 0 aliphatic heterocycles. The van der Waals surface area contributed by atoms with Gasteiger partial charge >= 0.3 is 0 Å². The lowest BCUT2D eigenvalue weighted by Gasteiger charge is -2.16. The summed E-state index contributed by atoms with van der Waals surface area (Å²) in [7, 11) is 0. The van der Waals surface area contributed by atoms with Crippen molar-refractivity contribution in [3.05, 3.63) is 64.5 Å². The Morgan fingerprint density at radius 1 is 1.12 bits per heavy atom. The standard InChI is InChI=1S/C20H22FNO3/c1-12-5-6-16(9-13(12)2)14(3)22-20(24)11-25-19-8-7-17(21)10-18(19)15(4)23/h5-10,14H,11H2,1-4H3,(H,22,24). The molecule has 1 unspecified atom stereocenters. The van der Waals surface area contributed by atoms with Crippen LogP contribution < -0.4 is 10.1 Å². The molecular formula is C20H22FNO3. The zero-order chi connectivity index (χ0) is 18.6. The fraction of sp³-hybridized carbons (Fsp3) is 0.300. The number of aryl methyl sites for hydroxylation is 2. The van der Waals surface area contributed by atoms with Crippen molar-refractivity contribution in [2.75, 3.05) is 6.61 Å². The second-order valence-corrected chi connectivity index (χ2v) is 6.12. The number of Topliss-reactive ketones (excluding diaryl/α,β-unsaturated/α-hetero) is 1. The smallest absolute Gasteiger partial charge is 0.258 e. The minimum absolute atomic E-state index is 0.120. The Morgan fingerprint density at radius 3 is 2.48 bits per heavy atom. The molecule has 5 heteroatoms. The molecule has 0 spiro atoms. The predicted octanol–water partition coefficient (Wildman–Crippen LogP) is 3.90. The van der Waals surface area contributed by atoms with E-state index in [1.165, 1.54) is 24.6 Å². The number of halogens is 1. The number of hydrogen-bond acceptors (Lipinski definition) is 3. The van der Waals surface area contributed by atoms with Crippen LogP contribution in [0.25, 0.3) is 0 Å². The first kappa shape index (κ1) is 18.6. The van der Waals surface area contributed by atoms with E-state index in [-0.39, 0.29) is 35.7 Å². The lowest BCUT2D eigenvalue weighted by molar-refractivity contribution is -0.123. The van der Waals surface area contributed by atoms with Gasteiger partial charge in [0.05, 0.1) is 11.6 Å². The maximum atomic E-state index is 13.2. The van der Waals surface area contributed by atoms with Crippen LogP contribution >= 0.6 is 0 Å². The number of benzene rings is 2. The number of nitrogens with one attached hydrogen (secondary N) is 1. The predicted molar refractivity (Wildman–Crippen MR) is 94.4 cm³/mol. The first-order chi connectivity index (χ1) is 11.8. The molecule has 4 nitrogen and oxygen atoms in total. The quantitative estimate of drug-likeness (QED) is 0.809. The molecule has 0 aliphatic carbocycles. The van der Waals surface area contributed by atoms with Crippen LogP contribution in [0.2, 0.25) is 0 Å². The molecule has 25 heavy (non-hydrogen) atoms. The first-order valence-electron chi connectivity index (χ1n) is 8.07. The van der Waals surface area contributed by atoms with Gasteiger partial charge in [0, 0.05) is 0 Å². The van der Waals surface area contributed by atoms with Crippen LogP contribution in [0, 0.1) is 19.7 Å². The number of hydrogen-bond donors (Lipinski definition) is 1. The molecule has 2 rings (SSSR count). The molecule has 2 aromatic carbocycles. The van der Waals surface area contributed by atoms with Crippen molar-refractivity contribution < 1.29 is 18.7 Å². The zero-order valence-corrected chi connectivity index (χ0v) is 14.9. The summed E-state index contributed by atoms with van der Waals surface area (Å²) in [5.41, 5.74) is 3.48. The topological polar surface area (TPSA) is 55.4 Å². The summed E-state index contributed by atoms with van der Waals surface area (Å²) < 4.78 is 18.6. The maximum absolute atomic E-state index is 13.2. The van der Waals surface area contributed by atoms with E-state index in [0.29, 0.717) is 0 Å². The normalized spacial score (nSPS) is 11.7. The van der Waals surface area contributed by atoms with Gasteiger partial charge in [0.2, 0.25) is 0 Å². The third kappa shape index (κ3) is 4.89. The average Bonchev–Trinajstić information content (AvgIpc) is 2.55. The number of rotatable bonds is 6. The first-order valence-corrected chi connectivity index (χ1v) is 8.07. The summed E-state index contributed by atoms with van der Waals surface area (Å²) in [5.74, 6) is -0.962. The summed E-state index contributed by atoms with van der Waals surface area (Å²) in [6.07, 6.45) is 0. The Bertz CT molecular complexity index is 802. The van der Waals surface area contributed by atoms with Gasteiger partial charge in [-0.05, 0) is 62.6 Å². The Balaban J connectivity index is 1.99. The molecule has 0 saturated heterocycles. The molecule has 1 atom stereocenters. The van der Waals surface area contributed by atoms with Crippen molar-refractivity contribution in [1.82, 2.24) is 5.32 Å². The van der Waals surface area contributed by atoms with E-state index in [2.05, 4.69) is 5.32 Å². The second-order valence-electron chi connectivity index (χ2n) is 6.12. The van der Waals surface area contributed by atoms with Crippen LogP contribution in [0.4, 0.5) is 4.39 Å². The van der Waals surface area contributed by atoms with Crippen LogP contribution in [-0.4, -0.2) is 18.3 Å². The van der Waals surface area contributed by atoms with Gasteiger partial charge in [-0.15, -0.1) is 0 Å². The molecule has 0 saturated carbocycles. The van der Waals surface area contributed by atoms with Crippen molar-refractivity contribution >= 4 is 11.7 Å². The molecule has 0 aliphatic rings. The lowest BCUT2D eigenvalue weighted by Crippen LogP contribution is -2.31. The highest BCUT2D eigenvalue weighted by Gasteiger charge is 2.14. The van der Waals surface area contributed by atoms with Crippen LogP contribution in [0.3, 0.4) is 0 Å². The fourth-order valence-corrected chi connectivity index (χ4v) is 2.45. The van der Waals surface area contributed by atoms with E-state index in [4.69, 9.17) is 4.74 Å². The van der Waals surface area contributed by atoms with Gasteiger partial charge in [-0.2, -0.15) is 0 Å². The van der Waals surface area contributed by atoms with Gasteiger partial charge in [0.15, 0.2) is 12.4 Å². The van der Waals surface area contributed by atoms with Crippen LogP contribution in [-0.2, 0) is 4.79 Å². The number of ether oxygens (including phenoxy) is 1. The second kappa shape index (κ2) is 7.92. The van der Waals surface area contributed by atoms with Crippen molar-refractivity contribution in [2.24, 2.45) is 0 Å². The van der Waals surface area contributed by atoms with Crippen molar-refractivity contribution in [2.45, 2.75) is 33.7 Å². The molecule has 1 amide bonds. The minimum Gasteiger partial charge on any atom is -0.483 e. The highest BCUT2D eigenvalue weighted by atomic mass is 19.1. The van der Waals surface area contributed by atoms with Gasteiger partial charge in [-0.3, -0.25) is 9.59 Å². The third-order valence-corrected chi connectivity index (χ3v) is 4.09. The molecule has 0 fully saturated rings. The van der Waals surface area contributed by atoms with E-state index < -0.39 is 5.82 Å². The van der Waals surface area contributed by atoms with E-state index in [1.807, 2.05) is 39.0 Å². The van der Waals surface area contributed by atoms with Crippen LogP contribution in [0.5, 0.6) is 5.75 Å². The molecule has 1 N–H and O–H groups in total. The Morgan fingerprint density at radius 2 is 1.84 bits per heavy atom. The maximum Gasteiger partial charge on any atom is 0.258 e. The van der Waals surface area contributed by atoms with E-state index in [0.717, 1.165) is 17.2 Å². The summed E-state index contributed by atoms with van der Waals surface area (Å²) in [6, 6.07) is 9.51. The number of carbonyl (C=O) groups excluding carboxylic acids is 2. The molecular weight excluding hydrogens is 321 g/mol. The van der Waals surface area contributed by atoms with Gasteiger partial charge in [-0.1, -0.05) is 18.2 Å². The summed E-state index contributed by atoms with van der Waals surface area (Å²) in [5, 5.41) is 2.85. The summed E-state index contributed by atoms with van der Waals surface area (Å²) >= 11 is 0. The largest absolute Gasteiger partial charge is 0.483 e. The number of carbonyl (C=O) groups is 2. The third-order valence-electron chi connectivity index (χ3n) is 4.09. The Kier molecular flexibility index (Phi) is 5.91. The molecule has 0 radical (unpaired) electrons. The lowest BCUT2D eigenvalue weighted by atomic mass is 10.0. The number of ketones is 1. The molecule has 2 aromatic rings. The van der Waals surface area contributed by atoms with Crippen LogP contribution in [0.1, 0.15) is 46.9 Å². The van der Waals surface area contributed by atoms with Crippen molar-refractivity contribution in [3.8, 4) is 5.75 Å². The summed E-state index contributed by atoms with van der Waals surface area (Å²) in [6.45, 7) is 7.02. The highest BCUT2D eigenvalue weighted by Crippen LogP contribution is 2.20. The van der Waals surface area contributed by atoms with E-state index >= 15 is 0 Å². The number of amides is 1. The highest BCUT2D eigenvalue weighted by molar-refractivity contribution is 5.96. The van der Waals surface area contributed by atoms with Gasteiger partial charge in [0.25, 0.3) is 5.91 Å². The van der Waals surface area contributed by atoms with Gasteiger partial charge < -0.3 is 10.1 Å². The monoisotopic (exact) mass is 343 g/mol. The van der Waals surface area contributed by atoms with Crippen LogP contribution in [0.15, 0.2) is 36.4 Å². The molecule has 0 aromatic heterocycles. The van der Waals surface area contributed by atoms with Crippen molar-refractivity contribution in [3.63, 3.8) is 0 Å². The summed E-state index contributed by atoms with van der Waals surface area (Å²) in [4.78, 5) is 23.6. The Hall–Kier alpha value is -2.69. The zero-order valence-electron chi connectivity index (χ0n) is 14.9. The molecule has 0 heterocycles. The minimum atomic E-state index is -0.523. The van der Waals surface area contributed by atoms with E-state index in [1.54, 1.807) is 0 Å². The van der Waals surface area contributed by atoms with Gasteiger partial charge in [-0.25, -0.2) is 4.39 Å². The average molecular weight is 343 g/mol. The van der Waals surface area contributed by atoms with E-state index in [9.17, 15) is 14.0 Å². The Labute approximate surface area is 147 Å². The van der Waals surface area contributed by atoms with Crippen molar-refractivity contribution in [1.29, 1.82) is 0 Å². The SMILES string of the molecule is CC(=O)c1cc(F)ccc1OCC(=O)NC(C)c1ccc(C)c(C)c1. The fourth-order valence-electron chi connectivity index (χ4n) is 2.45. The molecule has 132 valence electrons. The molecule has 0 bridgehead atoms. The van der Waals surface area contributed by atoms with Gasteiger partial charge in [0.1, 0.15) is 11.6 Å².